The monoisotopic (exact) mass is 252 g/mol. The van der Waals surface area contributed by atoms with E-state index in [0.717, 1.165) is 5.56 Å². The zero-order valence-electron chi connectivity index (χ0n) is 10.4. The molecule has 2 rings (SSSR count). The SMILES string of the molecule is CN(Cc1ccncc1)C(=O)c1cnccc1C#N. The molecule has 0 radical (unpaired) electrons. The first kappa shape index (κ1) is 12.7. The Morgan fingerprint density at radius 2 is 1.95 bits per heavy atom. The van der Waals surface area contributed by atoms with Crippen molar-refractivity contribution in [2.24, 2.45) is 0 Å². The first-order valence-corrected chi connectivity index (χ1v) is 5.71. The first-order valence-electron chi connectivity index (χ1n) is 5.71. The van der Waals surface area contributed by atoms with Crippen LogP contribution in [-0.2, 0) is 6.54 Å². The van der Waals surface area contributed by atoms with Crippen LogP contribution in [0, 0.1) is 11.3 Å². The highest BCUT2D eigenvalue weighted by Gasteiger charge is 2.16. The minimum absolute atomic E-state index is 0.221. The third-order valence-corrected chi connectivity index (χ3v) is 2.69. The van der Waals surface area contributed by atoms with Gasteiger partial charge in [0, 0.05) is 38.4 Å². The smallest absolute Gasteiger partial charge is 0.256 e. The molecule has 19 heavy (non-hydrogen) atoms. The zero-order valence-corrected chi connectivity index (χ0v) is 10.4. The van der Waals surface area contributed by atoms with Gasteiger partial charge in [-0.2, -0.15) is 5.26 Å². The predicted molar refractivity (Wildman–Crippen MR) is 69.0 cm³/mol. The number of hydrogen-bond acceptors (Lipinski definition) is 4. The van der Waals surface area contributed by atoms with Crippen molar-refractivity contribution in [1.82, 2.24) is 14.9 Å². The summed E-state index contributed by atoms with van der Waals surface area (Å²) in [6.45, 7) is 0.459. The maximum absolute atomic E-state index is 12.2. The number of nitrogens with zero attached hydrogens (tertiary/aromatic N) is 4. The van der Waals surface area contributed by atoms with Crippen molar-refractivity contribution in [3.8, 4) is 6.07 Å². The van der Waals surface area contributed by atoms with Crippen molar-refractivity contribution >= 4 is 5.91 Å². The van der Waals surface area contributed by atoms with E-state index in [1.807, 2.05) is 18.2 Å². The van der Waals surface area contributed by atoms with Gasteiger partial charge in [0.2, 0.25) is 0 Å². The fourth-order valence-electron chi connectivity index (χ4n) is 1.70. The van der Waals surface area contributed by atoms with Gasteiger partial charge >= 0.3 is 0 Å². The van der Waals surface area contributed by atoms with Gasteiger partial charge in [-0.25, -0.2) is 0 Å². The number of aromatic nitrogens is 2. The molecule has 1 amide bonds. The third-order valence-electron chi connectivity index (χ3n) is 2.69. The van der Waals surface area contributed by atoms with Crippen LogP contribution in [0.3, 0.4) is 0 Å². The summed E-state index contributed by atoms with van der Waals surface area (Å²) in [5.41, 5.74) is 1.64. The molecule has 0 saturated heterocycles. The van der Waals surface area contributed by atoms with E-state index in [1.165, 1.54) is 18.5 Å². The third kappa shape index (κ3) is 2.93. The number of amides is 1. The van der Waals surface area contributed by atoms with Gasteiger partial charge in [-0.1, -0.05) is 0 Å². The van der Waals surface area contributed by atoms with E-state index in [9.17, 15) is 4.79 Å². The van der Waals surface area contributed by atoms with Gasteiger partial charge in [0.15, 0.2) is 0 Å². The van der Waals surface area contributed by atoms with E-state index >= 15 is 0 Å². The first-order chi connectivity index (χ1) is 9.22. The number of hydrogen-bond donors (Lipinski definition) is 0. The summed E-state index contributed by atoms with van der Waals surface area (Å²) in [5, 5.41) is 8.98. The molecule has 2 heterocycles. The molecule has 0 unspecified atom stereocenters. The molecule has 2 aromatic rings. The fraction of sp³-hybridized carbons (Fsp3) is 0.143. The minimum Gasteiger partial charge on any atom is -0.337 e. The predicted octanol–water partition coefficient (Wildman–Crippen LogP) is 1.62. The summed E-state index contributed by atoms with van der Waals surface area (Å²) in [6, 6.07) is 7.22. The molecule has 0 N–H and O–H groups in total. The average molecular weight is 252 g/mol. The van der Waals surface area contributed by atoms with Crippen molar-refractivity contribution in [2.75, 3.05) is 7.05 Å². The molecule has 0 aromatic carbocycles. The van der Waals surface area contributed by atoms with E-state index in [4.69, 9.17) is 5.26 Å². The van der Waals surface area contributed by atoms with Crippen LogP contribution in [0.4, 0.5) is 0 Å². The van der Waals surface area contributed by atoms with E-state index in [-0.39, 0.29) is 5.91 Å². The van der Waals surface area contributed by atoms with Gasteiger partial charge in [0.1, 0.15) is 6.07 Å². The molecule has 0 fully saturated rings. The number of rotatable bonds is 3. The lowest BCUT2D eigenvalue weighted by Crippen LogP contribution is -2.27. The van der Waals surface area contributed by atoms with Crippen molar-refractivity contribution in [1.29, 1.82) is 5.26 Å². The van der Waals surface area contributed by atoms with Crippen LogP contribution >= 0.6 is 0 Å². The molecule has 0 spiro atoms. The van der Waals surface area contributed by atoms with E-state index in [0.29, 0.717) is 17.7 Å². The Hall–Kier alpha value is -2.74. The fourth-order valence-corrected chi connectivity index (χ4v) is 1.70. The molecule has 2 aromatic heterocycles. The quantitative estimate of drug-likeness (QED) is 0.832. The largest absolute Gasteiger partial charge is 0.337 e. The van der Waals surface area contributed by atoms with Crippen LogP contribution in [0.5, 0.6) is 0 Å². The van der Waals surface area contributed by atoms with Gasteiger partial charge in [0.25, 0.3) is 5.91 Å². The molecule has 94 valence electrons. The number of nitriles is 1. The summed E-state index contributed by atoms with van der Waals surface area (Å²) >= 11 is 0. The number of carbonyl (C=O) groups excluding carboxylic acids is 1. The Labute approximate surface area is 111 Å². The van der Waals surface area contributed by atoms with E-state index < -0.39 is 0 Å². The maximum atomic E-state index is 12.2. The molecule has 0 aliphatic carbocycles. The second-order valence-corrected chi connectivity index (χ2v) is 4.05. The van der Waals surface area contributed by atoms with Crippen LogP contribution in [0.15, 0.2) is 43.0 Å². The Morgan fingerprint density at radius 3 is 2.63 bits per heavy atom. The van der Waals surface area contributed by atoms with Gasteiger partial charge < -0.3 is 4.90 Å². The number of pyridine rings is 2. The van der Waals surface area contributed by atoms with Crippen LogP contribution < -0.4 is 0 Å². The molecule has 0 aliphatic heterocycles. The maximum Gasteiger partial charge on any atom is 0.256 e. The second-order valence-electron chi connectivity index (χ2n) is 4.05. The van der Waals surface area contributed by atoms with Crippen LogP contribution in [0.25, 0.3) is 0 Å². The molecular weight excluding hydrogens is 240 g/mol. The summed E-state index contributed by atoms with van der Waals surface area (Å²) in [5.74, 6) is -0.221. The van der Waals surface area contributed by atoms with E-state index in [1.54, 1.807) is 24.3 Å². The second kappa shape index (κ2) is 5.74. The lowest BCUT2D eigenvalue weighted by Gasteiger charge is -2.17. The Morgan fingerprint density at radius 1 is 1.26 bits per heavy atom. The Kier molecular flexibility index (Phi) is 3.84. The van der Waals surface area contributed by atoms with Crippen molar-refractivity contribution in [3.05, 3.63) is 59.7 Å². The highest BCUT2D eigenvalue weighted by Crippen LogP contribution is 2.10. The van der Waals surface area contributed by atoms with Crippen LogP contribution in [0.1, 0.15) is 21.5 Å². The average Bonchev–Trinajstić information content (AvgIpc) is 2.47. The highest BCUT2D eigenvalue weighted by molar-refractivity contribution is 5.96. The molecular formula is C14H12N4O. The highest BCUT2D eigenvalue weighted by atomic mass is 16.2. The van der Waals surface area contributed by atoms with Gasteiger partial charge in [0.05, 0.1) is 11.1 Å². The molecule has 0 bridgehead atoms. The summed E-state index contributed by atoms with van der Waals surface area (Å²) < 4.78 is 0. The van der Waals surface area contributed by atoms with Gasteiger partial charge in [-0.15, -0.1) is 0 Å². The van der Waals surface area contributed by atoms with Crippen LogP contribution in [0.2, 0.25) is 0 Å². The van der Waals surface area contributed by atoms with Crippen molar-refractivity contribution in [3.63, 3.8) is 0 Å². The Bertz CT molecular complexity index is 619. The van der Waals surface area contributed by atoms with Crippen molar-refractivity contribution in [2.45, 2.75) is 6.54 Å². The molecule has 0 aliphatic rings. The molecule has 5 heteroatoms. The normalized spacial score (nSPS) is 9.68. The summed E-state index contributed by atoms with van der Waals surface area (Å²) in [7, 11) is 1.69. The molecule has 0 saturated carbocycles. The minimum atomic E-state index is -0.221. The summed E-state index contributed by atoms with van der Waals surface area (Å²) in [4.78, 5) is 21.6. The zero-order chi connectivity index (χ0) is 13.7. The number of carbonyl (C=O) groups is 1. The Balaban J connectivity index is 2.18. The molecule has 0 atom stereocenters. The standard InChI is InChI=1S/C14H12N4O/c1-18(10-11-2-5-16-6-3-11)14(19)13-9-17-7-4-12(13)8-15/h2-7,9H,10H2,1H3. The van der Waals surface area contributed by atoms with E-state index in [2.05, 4.69) is 9.97 Å². The van der Waals surface area contributed by atoms with Crippen molar-refractivity contribution < 1.29 is 4.79 Å². The van der Waals surface area contributed by atoms with Crippen LogP contribution in [-0.4, -0.2) is 27.8 Å². The molecule has 5 nitrogen and oxygen atoms in total. The lowest BCUT2D eigenvalue weighted by molar-refractivity contribution is 0.0784. The van der Waals surface area contributed by atoms with Gasteiger partial charge in [-0.05, 0) is 23.8 Å². The summed E-state index contributed by atoms with van der Waals surface area (Å²) in [6.07, 6.45) is 6.28. The topological polar surface area (TPSA) is 69.9 Å². The van der Waals surface area contributed by atoms with Gasteiger partial charge in [-0.3, -0.25) is 14.8 Å². The lowest BCUT2D eigenvalue weighted by atomic mass is 10.1.